The van der Waals surface area contributed by atoms with Gasteiger partial charge in [0.05, 0.1) is 14.2 Å². The van der Waals surface area contributed by atoms with Gasteiger partial charge in [-0.05, 0) is 30.7 Å². The molecule has 1 unspecified atom stereocenters. The van der Waals surface area contributed by atoms with E-state index in [9.17, 15) is 4.79 Å². The highest BCUT2D eigenvalue weighted by atomic mass is 16.5. The van der Waals surface area contributed by atoms with Crippen LogP contribution in [0.2, 0.25) is 0 Å². The van der Waals surface area contributed by atoms with Crippen molar-refractivity contribution >= 4 is 11.7 Å². The molecule has 1 aromatic carbocycles. The van der Waals surface area contributed by atoms with Crippen molar-refractivity contribution in [3.05, 3.63) is 24.3 Å². The van der Waals surface area contributed by atoms with E-state index in [2.05, 4.69) is 28.9 Å². The molecule has 1 spiro atoms. The molecule has 0 N–H and O–H groups in total. The monoisotopic (exact) mass is 332 g/mol. The SMILES string of the molecule is CCCCC(C(=O)OC)N1CC2(CN(c3ccc(OC)cc3)C2)C1. The predicted octanol–water partition coefficient (Wildman–Crippen LogP) is 2.55. The number of carbonyl (C=O) groups is 1. The minimum absolute atomic E-state index is 0.0596. The summed E-state index contributed by atoms with van der Waals surface area (Å²) in [4.78, 5) is 16.7. The number of ether oxygens (including phenoxy) is 2. The molecule has 0 bridgehead atoms. The van der Waals surface area contributed by atoms with Crippen molar-refractivity contribution in [3.8, 4) is 5.75 Å². The number of esters is 1. The van der Waals surface area contributed by atoms with Crippen LogP contribution in [0.4, 0.5) is 5.69 Å². The molecule has 0 amide bonds. The third-order valence-corrected chi connectivity index (χ3v) is 5.31. The molecule has 0 radical (unpaired) electrons. The second-order valence-electron chi connectivity index (χ2n) is 7.14. The number of hydrogen-bond acceptors (Lipinski definition) is 5. The molecule has 0 saturated carbocycles. The Balaban J connectivity index is 1.52. The summed E-state index contributed by atoms with van der Waals surface area (Å²) in [6, 6.07) is 8.17. The average molecular weight is 332 g/mol. The van der Waals surface area contributed by atoms with Gasteiger partial charge in [0.25, 0.3) is 0 Å². The van der Waals surface area contributed by atoms with Crippen LogP contribution in [-0.2, 0) is 9.53 Å². The van der Waals surface area contributed by atoms with Crippen LogP contribution in [0.5, 0.6) is 5.75 Å². The fraction of sp³-hybridized carbons (Fsp3) is 0.632. The fourth-order valence-corrected chi connectivity index (χ4v) is 3.96. The molecular weight excluding hydrogens is 304 g/mol. The highest BCUT2D eigenvalue weighted by Gasteiger charge is 2.54. The molecule has 5 nitrogen and oxygen atoms in total. The average Bonchev–Trinajstić information content (AvgIpc) is 2.54. The summed E-state index contributed by atoms with van der Waals surface area (Å²) in [5.41, 5.74) is 1.61. The lowest BCUT2D eigenvalue weighted by atomic mass is 9.71. The number of likely N-dealkylation sites (tertiary alicyclic amines) is 1. The molecule has 2 saturated heterocycles. The highest BCUT2D eigenvalue weighted by molar-refractivity contribution is 5.75. The minimum Gasteiger partial charge on any atom is -0.497 e. The van der Waals surface area contributed by atoms with Gasteiger partial charge in [0.2, 0.25) is 0 Å². The topological polar surface area (TPSA) is 42.0 Å². The molecular formula is C19H28N2O3. The predicted molar refractivity (Wildman–Crippen MR) is 94.5 cm³/mol. The smallest absolute Gasteiger partial charge is 0.323 e. The molecule has 0 aliphatic carbocycles. The van der Waals surface area contributed by atoms with Gasteiger partial charge in [-0.2, -0.15) is 0 Å². The molecule has 2 heterocycles. The Morgan fingerprint density at radius 1 is 1.17 bits per heavy atom. The first-order chi connectivity index (χ1) is 11.6. The number of nitrogens with zero attached hydrogens (tertiary/aromatic N) is 2. The van der Waals surface area contributed by atoms with Gasteiger partial charge >= 0.3 is 5.97 Å². The number of methoxy groups -OCH3 is 2. The first kappa shape index (κ1) is 17.1. The lowest BCUT2D eigenvalue weighted by Crippen LogP contribution is -2.74. The minimum atomic E-state index is -0.0790. The Morgan fingerprint density at radius 2 is 1.83 bits per heavy atom. The number of anilines is 1. The van der Waals surface area contributed by atoms with E-state index in [0.717, 1.165) is 51.2 Å². The van der Waals surface area contributed by atoms with Crippen LogP contribution in [0.25, 0.3) is 0 Å². The highest BCUT2D eigenvalue weighted by Crippen LogP contribution is 2.43. The number of hydrogen-bond donors (Lipinski definition) is 0. The van der Waals surface area contributed by atoms with Crippen molar-refractivity contribution in [2.45, 2.75) is 32.2 Å². The van der Waals surface area contributed by atoms with Crippen molar-refractivity contribution in [3.63, 3.8) is 0 Å². The number of carbonyl (C=O) groups excluding carboxylic acids is 1. The Morgan fingerprint density at radius 3 is 2.38 bits per heavy atom. The van der Waals surface area contributed by atoms with E-state index in [1.165, 1.54) is 12.8 Å². The number of benzene rings is 1. The second-order valence-corrected chi connectivity index (χ2v) is 7.14. The third-order valence-electron chi connectivity index (χ3n) is 5.31. The summed E-state index contributed by atoms with van der Waals surface area (Å²) >= 11 is 0. The van der Waals surface area contributed by atoms with Crippen molar-refractivity contribution in [2.75, 3.05) is 45.3 Å². The maximum atomic E-state index is 12.0. The van der Waals surface area contributed by atoms with Gasteiger partial charge in [-0.15, -0.1) is 0 Å². The standard InChI is InChI=1S/C19H28N2O3/c1-4-5-6-17(18(22)24-3)21-13-19(14-21)11-20(12-19)15-7-9-16(23-2)10-8-15/h7-10,17H,4-6,11-14H2,1-3H3. The molecule has 1 aromatic rings. The summed E-state index contributed by atoms with van der Waals surface area (Å²) in [5, 5.41) is 0. The van der Waals surface area contributed by atoms with E-state index >= 15 is 0 Å². The summed E-state index contributed by atoms with van der Waals surface area (Å²) in [5.74, 6) is 0.810. The maximum absolute atomic E-state index is 12.0. The van der Waals surface area contributed by atoms with Crippen LogP contribution in [0, 0.1) is 5.41 Å². The summed E-state index contributed by atoms with van der Waals surface area (Å²) < 4.78 is 10.2. The molecule has 2 aliphatic heterocycles. The molecule has 0 aromatic heterocycles. The molecule has 5 heteroatoms. The van der Waals surface area contributed by atoms with Gasteiger partial charge in [0.1, 0.15) is 11.8 Å². The lowest BCUT2D eigenvalue weighted by Gasteiger charge is -2.62. The van der Waals surface area contributed by atoms with E-state index in [1.54, 1.807) is 7.11 Å². The van der Waals surface area contributed by atoms with Gasteiger partial charge < -0.3 is 14.4 Å². The summed E-state index contributed by atoms with van der Waals surface area (Å²) in [7, 11) is 3.18. The Bertz CT molecular complexity index is 558. The van der Waals surface area contributed by atoms with Crippen LogP contribution in [0.3, 0.4) is 0 Å². The van der Waals surface area contributed by atoms with E-state index in [1.807, 2.05) is 12.1 Å². The first-order valence-corrected chi connectivity index (χ1v) is 8.82. The zero-order valence-electron chi connectivity index (χ0n) is 15.0. The van der Waals surface area contributed by atoms with Gasteiger partial charge in [0, 0.05) is 37.3 Å². The third kappa shape index (κ3) is 3.22. The molecule has 132 valence electrons. The normalized spacial score (nSPS) is 20.2. The van der Waals surface area contributed by atoms with E-state index in [0.29, 0.717) is 5.41 Å². The van der Waals surface area contributed by atoms with E-state index < -0.39 is 0 Å². The fourth-order valence-electron chi connectivity index (χ4n) is 3.96. The molecule has 3 rings (SSSR count). The van der Waals surface area contributed by atoms with Gasteiger partial charge in [0.15, 0.2) is 0 Å². The molecule has 2 fully saturated rings. The summed E-state index contributed by atoms with van der Waals surface area (Å²) in [6.45, 7) is 6.30. The van der Waals surface area contributed by atoms with Gasteiger partial charge in [-0.3, -0.25) is 9.69 Å². The van der Waals surface area contributed by atoms with E-state index in [4.69, 9.17) is 9.47 Å². The van der Waals surface area contributed by atoms with Crippen LogP contribution in [0.15, 0.2) is 24.3 Å². The number of unbranched alkanes of at least 4 members (excludes halogenated alkanes) is 1. The Labute approximate surface area is 144 Å². The molecule has 2 aliphatic rings. The maximum Gasteiger partial charge on any atom is 0.323 e. The van der Waals surface area contributed by atoms with Gasteiger partial charge in [-0.1, -0.05) is 19.8 Å². The van der Waals surface area contributed by atoms with E-state index in [-0.39, 0.29) is 12.0 Å². The molecule has 24 heavy (non-hydrogen) atoms. The molecule has 1 atom stereocenters. The van der Waals surface area contributed by atoms with Crippen LogP contribution >= 0.6 is 0 Å². The van der Waals surface area contributed by atoms with Gasteiger partial charge in [-0.25, -0.2) is 0 Å². The van der Waals surface area contributed by atoms with Crippen LogP contribution in [0.1, 0.15) is 26.2 Å². The van der Waals surface area contributed by atoms with Crippen molar-refractivity contribution in [1.29, 1.82) is 0 Å². The van der Waals surface area contributed by atoms with Crippen LogP contribution in [-0.4, -0.2) is 57.3 Å². The quantitative estimate of drug-likeness (QED) is 0.718. The van der Waals surface area contributed by atoms with Crippen molar-refractivity contribution in [2.24, 2.45) is 5.41 Å². The Hall–Kier alpha value is -1.75. The zero-order chi connectivity index (χ0) is 17.2. The van der Waals surface area contributed by atoms with Crippen molar-refractivity contribution < 1.29 is 14.3 Å². The Kier molecular flexibility index (Phi) is 4.99. The lowest BCUT2D eigenvalue weighted by molar-refractivity contribution is -0.154. The second kappa shape index (κ2) is 7.01. The largest absolute Gasteiger partial charge is 0.497 e. The first-order valence-electron chi connectivity index (χ1n) is 8.82. The summed E-state index contributed by atoms with van der Waals surface area (Å²) in [6.07, 6.45) is 3.08. The van der Waals surface area contributed by atoms with Crippen molar-refractivity contribution in [1.82, 2.24) is 4.90 Å². The van der Waals surface area contributed by atoms with Crippen LogP contribution < -0.4 is 9.64 Å². The number of rotatable bonds is 7. The zero-order valence-corrected chi connectivity index (χ0v) is 15.0.